The Labute approximate surface area is 110 Å². The van der Waals surface area contributed by atoms with Crippen LogP contribution in [-0.2, 0) is 9.59 Å². The van der Waals surface area contributed by atoms with Crippen molar-refractivity contribution in [2.75, 3.05) is 11.4 Å². The molecule has 1 amide bonds. The van der Waals surface area contributed by atoms with E-state index >= 15 is 0 Å². The number of rotatable bonds is 3. The second kappa shape index (κ2) is 4.19. The number of hydrogen-bond acceptors (Lipinski definition) is 3. The van der Waals surface area contributed by atoms with E-state index in [0.29, 0.717) is 11.3 Å². The van der Waals surface area contributed by atoms with Crippen molar-refractivity contribution in [1.82, 2.24) is 0 Å². The van der Waals surface area contributed by atoms with E-state index in [-0.39, 0.29) is 6.54 Å². The fourth-order valence-corrected chi connectivity index (χ4v) is 2.03. The van der Waals surface area contributed by atoms with Gasteiger partial charge < -0.3 is 10.0 Å². The van der Waals surface area contributed by atoms with E-state index in [4.69, 9.17) is 5.11 Å². The van der Waals surface area contributed by atoms with E-state index in [1.54, 1.807) is 18.2 Å². The van der Waals surface area contributed by atoms with E-state index in [2.05, 4.69) is 0 Å². The molecule has 19 heavy (non-hydrogen) atoms. The van der Waals surface area contributed by atoms with Gasteiger partial charge in [0.05, 0.1) is 16.7 Å². The number of carbonyl (C=O) groups excluding carboxylic acids is 2. The molecule has 1 N–H and O–H groups in total. The van der Waals surface area contributed by atoms with Crippen LogP contribution in [0.5, 0.6) is 0 Å². The molecule has 0 aliphatic carbocycles. The first kappa shape index (κ1) is 13.3. The van der Waals surface area contributed by atoms with Gasteiger partial charge in [-0.05, 0) is 32.9 Å². The minimum Gasteiger partial charge on any atom is -0.481 e. The first-order valence-corrected chi connectivity index (χ1v) is 5.94. The molecule has 0 saturated heterocycles. The zero-order valence-electron chi connectivity index (χ0n) is 11.1. The lowest BCUT2D eigenvalue weighted by Crippen LogP contribution is -2.41. The second-order valence-electron chi connectivity index (χ2n) is 5.43. The van der Waals surface area contributed by atoms with Crippen LogP contribution in [-0.4, -0.2) is 29.3 Å². The third-order valence-corrected chi connectivity index (χ3v) is 3.26. The fourth-order valence-electron chi connectivity index (χ4n) is 2.03. The Hall–Kier alpha value is -2.17. The average molecular weight is 261 g/mol. The highest BCUT2D eigenvalue weighted by Crippen LogP contribution is 2.32. The minimum atomic E-state index is -1.11. The molecule has 1 aromatic rings. The van der Waals surface area contributed by atoms with Crippen molar-refractivity contribution in [2.45, 2.75) is 20.8 Å². The monoisotopic (exact) mass is 261 g/mol. The second-order valence-corrected chi connectivity index (χ2v) is 5.43. The van der Waals surface area contributed by atoms with E-state index < -0.39 is 23.1 Å². The highest BCUT2D eigenvalue weighted by molar-refractivity contribution is 6.52. The Balaban J connectivity index is 2.42. The van der Waals surface area contributed by atoms with Crippen molar-refractivity contribution in [1.29, 1.82) is 0 Å². The maximum Gasteiger partial charge on any atom is 0.310 e. The lowest BCUT2D eigenvalue weighted by molar-refractivity contribution is -0.146. The summed E-state index contributed by atoms with van der Waals surface area (Å²) in [7, 11) is 0. The molecular formula is C14H15NO4. The predicted molar refractivity (Wildman–Crippen MR) is 69.3 cm³/mol. The van der Waals surface area contributed by atoms with Crippen molar-refractivity contribution >= 4 is 23.3 Å². The Morgan fingerprint density at radius 3 is 2.53 bits per heavy atom. The molecule has 0 radical (unpaired) electrons. The van der Waals surface area contributed by atoms with Gasteiger partial charge in [-0.3, -0.25) is 14.4 Å². The van der Waals surface area contributed by atoms with Gasteiger partial charge in [0.1, 0.15) is 0 Å². The molecule has 0 atom stereocenters. The lowest BCUT2D eigenvalue weighted by Gasteiger charge is -2.26. The van der Waals surface area contributed by atoms with Gasteiger partial charge in [0, 0.05) is 6.54 Å². The average Bonchev–Trinajstić information content (AvgIpc) is 2.54. The van der Waals surface area contributed by atoms with Gasteiger partial charge in [0.25, 0.3) is 11.7 Å². The molecule has 1 aromatic carbocycles. The number of benzene rings is 1. The predicted octanol–water partition coefficient (Wildman–Crippen LogP) is 1.64. The summed E-state index contributed by atoms with van der Waals surface area (Å²) in [5, 5.41) is 9.12. The number of anilines is 1. The zero-order valence-corrected chi connectivity index (χ0v) is 11.1. The summed E-state index contributed by atoms with van der Waals surface area (Å²) in [4.78, 5) is 36.2. The van der Waals surface area contributed by atoms with Crippen molar-refractivity contribution in [3.63, 3.8) is 0 Å². The molecule has 100 valence electrons. The van der Waals surface area contributed by atoms with Crippen molar-refractivity contribution < 1.29 is 19.5 Å². The highest BCUT2D eigenvalue weighted by Gasteiger charge is 2.40. The fraction of sp³-hybridized carbons (Fsp3) is 0.357. The number of Topliss-reactive ketones (excluding diaryl/α,β-unsaturated/α-hetero) is 1. The molecule has 0 bridgehead atoms. The van der Waals surface area contributed by atoms with Crippen LogP contribution in [0.4, 0.5) is 5.69 Å². The first-order valence-electron chi connectivity index (χ1n) is 5.94. The number of carboxylic acid groups (broad SMARTS) is 1. The lowest BCUT2D eigenvalue weighted by atomic mass is 9.93. The Morgan fingerprint density at radius 1 is 1.32 bits per heavy atom. The van der Waals surface area contributed by atoms with Crippen LogP contribution in [0, 0.1) is 12.3 Å². The highest BCUT2D eigenvalue weighted by atomic mass is 16.4. The van der Waals surface area contributed by atoms with Gasteiger partial charge in [-0.25, -0.2) is 0 Å². The van der Waals surface area contributed by atoms with Gasteiger partial charge in [0.2, 0.25) is 0 Å². The van der Waals surface area contributed by atoms with Gasteiger partial charge in [-0.15, -0.1) is 0 Å². The molecule has 0 unspecified atom stereocenters. The zero-order chi connectivity index (χ0) is 14.4. The number of aryl methyl sites for hydroxylation is 1. The molecule has 0 aromatic heterocycles. The van der Waals surface area contributed by atoms with Crippen LogP contribution >= 0.6 is 0 Å². The van der Waals surface area contributed by atoms with Crippen LogP contribution in [0.15, 0.2) is 18.2 Å². The number of carboxylic acids is 1. The quantitative estimate of drug-likeness (QED) is 0.839. The van der Waals surface area contributed by atoms with E-state index in [9.17, 15) is 14.4 Å². The number of carbonyl (C=O) groups is 3. The molecule has 5 heteroatoms. The summed E-state index contributed by atoms with van der Waals surface area (Å²) < 4.78 is 0. The Morgan fingerprint density at radius 2 is 1.95 bits per heavy atom. The number of fused-ring (bicyclic) bond motifs is 1. The third-order valence-electron chi connectivity index (χ3n) is 3.26. The van der Waals surface area contributed by atoms with Crippen LogP contribution < -0.4 is 4.90 Å². The van der Waals surface area contributed by atoms with Crippen LogP contribution in [0.2, 0.25) is 0 Å². The third kappa shape index (κ3) is 2.12. The molecule has 0 saturated carbocycles. The van der Waals surface area contributed by atoms with E-state index in [1.165, 1.54) is 18.7 Å². The van der Waals surface area contributed by atoms with E-state index in [0.717, 1.165) is 5.56 Å². The molecule has 1 aliphatic heterocycles. The Kier molecular flexibility index (Phi) is 2.92. The van der Waals surface area contributed by atoms with Gasteiger partial charge >= 0.3 is 5.97 Å². The summed E-state index contributed by atoms with van der Waals surface area (Å²) in [6, 6.07) is 5.14. The molecule has 5 nitrogen and oxygen atoms in total. The molecule has 1 heterocycles. The van der Waals surface area contributed by atoms with Crippen LogP contribution in [0.1, 0.15) is 29.8 Å². The van der Waals surface area contributed by atoms with Crippen LogP contribution in [0.3, 0.4) is 0 Å². The summed E-state index contributed by atoms with van der Waals surface area (Å²) in [6.07, 6.45) is 0. The van der Waals surface area contributed by atoms with Gasteiger partial charge in [0.15, 0.2) is 0 Å². The summed E-state index contributed by atoms with van der Waals surface area (Å²) in [6.45, 7) is 4.86. The first-order chi connectivity index (χ1) is 8.74. The van der Waals surface area contributed by atoms with Crippen molar-refractivity contribution in [2.24, 2.45) is 5.41 Å². The number of nitrogens with zero attached hydrogens (tertiary/aromatic N) is 1. The number of hydrogen-bond donors (Lipinski definition) is 1. The smallest absolute Gasteiger partial charge is 0.310 e. The van der Waals surface area contributed by atoms with Crippen molar-refractivity contribution in [3.05, 3.63) is 29.3 Å². The van der Waals surface area contributed by atoms with Crippen LogP contribution in [0.25, 0.3) is 0 Å². The standard InChI is InChI=1S/C14H15NO4/c1-8-4-5-10-9(6-8)11(16)12(17)15(10)7-14(2,3)13(18)19/h4-6H,7H2,1-3H3,(H,18,19). The normalized spacial score (nSPS) is 14.8. The van der Waals surface area contributed by atoms with Crippen molar-refractivity contribution in [3.8, 4) is 0 Å². The molecule has 0 fully saturated rings. The topological polar surface area (TPSA) is 74.7 Å². The largest absolute Gasteiger partial charge is 0.481 e. The molecule has 2 rings (SSSR count). The Bertz CT molecular complexity index is 589. The summed E-state index contributed by atoms with van der Waals surface area (Å²) >= 11 is 0. The maximum absolute atomic E-state index is 12.0. The summed E-state index contributed by atoms with van der Waals surface area (Å²) in [5.74, 6) is -2.23. The maximum atomic E-state index is 12.0. The SMILES string of the molecule is Cc1ccc2c(c1)C(=O)C(=O)N2CC(C)(C)C(=O)O. The van der Waals surface area contributed by atoms with Gasteiger partial charge in [-0.1, -0.05) is 11.6 Å². The summed E-state index contributed by atoms with van der Waals surface area (Å²) in [5.41, 5.74) is 0.628. The number of aliphatic carboxylic acids is 1. The number of ketones is 1. The molecular weight excluding hydrogens is 246 g/mol. The molecule has 0 spiro atoms. The van der Waals surface area contributed by atoms with Gasteiger partial charge in [-0.2, -0.15) is 0 Å². The van der Waals surface area contributed by atoms with E-state index in [1.807, 2.05) is 6.92 Å². The molecule has 1 aliphatic rings. The minimum absolute atomic E-state index is 0.0248. The number of amides is 1.